The van der Waals surface area contributed by atoms with Gasteiger partial charge in [-0.2, -0.15) is 0 Å². The minimum atomic E-state index is -0.278. The quantitative estimate of drug-likeness (QED) is 0.884. The summed E-state index contributed by atoms with van der Waals surface area (Å²) in [5, 5.41) is 5.94. The summed E-state index contributed by atoms with van der Waals surface area (Å²) in [4.78, 5) is 11.9. The van der Waals surface area contributed by atoms with Crippen LogP contribution >= 0.6 is 0 Å². The zero-order valence-corrected chi connectivity index (χ0v) is 12.2. The van der Waals surface area contributed by atoms with E-state index in [-0.39, 0.29) is 24.3 Å². The maximum atomic E-state index is 13.0. The lowest BCUT2D eigenvalue weighted by atomic mass is 10.1. The van der Waals surface area contributed by atoms with Crippen LogP contribution in [-0.2, 0) is 4.79 Å². The van der Waals surface area contributed by atoms with Gasteiger partial charge in [0.1, 0.15) is 5.82 Å². The summed E-state index contributed by atoms with van der Waals surface area (Å²) < 4.78 is 13.0. The van der Waals surface area contributed by atoms with Gasteiger partial charge in [0.05, 0.1) is 12.6 Å². The van der Waals surface area contributed by atoms with Crippen LogP contribution in [-0.4, -0.2) is 12.5 Å². The van der Waals surface area contributed by atoms with E-state index >= 15 is 0 Å². The lowest BCUT2D eigenvalue weighted by Crippen LogP contribution is -2.32. The molecule has 1 atom stereocenters. The molecule has 0 saturated heterocycles. The molecular formula is C17H19FN2O. The molecule has 0 aromatic heterocycles. The van der Waals surface area contributed by atoms with E-state index in [4.69, 9.17) is 0 Å². The molecule has 2 aromatic carbocycles. The summed E-state index contributed by atoms with van der Waals surface area (Å²) in [5.41, 5.74) is 2.60. The van der Waals surface area contributed by atoms with Crippen molar-refractivity contribution in [2.45, 2.75) is 19.9 Å². The molecule has 0 unspecified atom stereocenters. The standard InChI is InChI=1S/C17H19FN2O/c1-12-10-15(18)8-9-16(12)19-11-17(21)20-13(2)14-6-4-3-5-7-14/h3-10,13,19H,11H2,1-2H3,(H,20,21)/t13-/m1/s1. The van der Waals surface area contributed by atoms with Crippen LogP contribution in [0.25, 0.3) is 0 Å². The Bertz CT molecular complexity index is 613. The van der Waals surface area contributed by atoms with Crippen LogP contribution in [0.1, 0.15) is 24.1 Å². The number of hydrogen-bond donors (Lipinski definition) is 2. The fraction of sp³-hybridized carbons (Fsp3) is 0.235. The molecule has 0 fully saturated rings. The number of hydrogen-bond acceptors (Lipinski definition) is 2. The molecule has 2 N–H and O–H groups in total. The first-order valence-electron chi connectivity index (χ1n) is 6.90. The van der Waals surface area contributed by atoms with Crippen molar-refractivity contribution in [2.75, 3.05) is 11.9 Å². The number of amides is 1. The number of halogens is 1. The Hall–Kier alpha value is -2.36. The zero-order chi connectivity index (χ0) is 15.2. The number of benzene rings is 2. The third-order valence-electron chi connectivity index (χ3n) is 3.30. The van der Waals surface area contributed by atoms with Crippen molar-refractivity contribution in [3.05, 3.63) is 65.5 Å². The Labute approximate surface area is 124 Å². The van der Waals surface area contributed by atoms with Gasteiger partial charge in [0.15, 0.2) is 0 Å². The Morgan fingerprint density at radius 3 is 2.57 bits per heavy atom. The van der Waals surface area contributed by atoms with Gasteiger partial charge in [-0.25, -0.2) is 4.39 Å². The van der Waals surface area contributed by atoms with E-state index in [2.05, 4.69) is 10.6 Å². The van der Waals surface area contributed by atoms with Gasteiger partial charge in [-0.05, 0) is 43.2 Å². The molecule has 110 valence electrons. The second-order valence-electron chi connectivity index (χ2n) is 5.01. The van der Waals surface area contributed by atoms with Crippen LogP contribution in [0.15, 0.2) is 48.5 Å². The molecule has 0 aliphatic rings. The molecule has 0 radical (unpaired) electrons. The average molecular weight is 286 g/mol. The van der Waals surface area contributed by atoms with Gasteiger partial charge in [0, 0.05) is 5.69 Å². The van der Waals surface area contributed by atoms with Crippen LogP contribution in [0.3, 0.4) is 0 Å². The van der Waals surface area contributed by atoms with Crippen LogP contribution in [0.5, 0.6) is 0 Å². The first-order chi connectivity index (χ1) is 10.1. The normalized spacial score (nSPS) is 11.8. The number of carbonyl (C=O) groups is 1. The van der Waals surface area contributed by atoms with Crippen LogP contribution < -0.4 is 10.6 Å². The second-order valence-corrected chi connectivity index (χ2v) is 5.01. The number of rotatable bonds is 5. The van der Waals surface area contributed by atoms with Crippen molar-refractivity contribution in [2.24, 2.45) is 0 Å². The first kappa shape index (κ1) is 15.0. The van der Waals surface area contributed by atoms with Gasteiger partial charge in [-0.1, -0.05) is 30.3 Å². The van der Waals surface area contributed by atoms with Crippen molar-refractivity contribution in [1.82, 2.24) is 5.32 Å². The summed E-state index contributed by atoms with van der Waals surface area (Å²) in [7, 11) is 0. The Kier molecular flexibility index (Phi) is 4.93. The number of nitrogens with one attached hydrogen (secondary N) is 2. The highest BCUT2D eigenvalue weighted by atomic mass is 19.1. The minimum Gasteiger partial charge on any atom is -0.376 e. The lowest BCUT2D eigenvalue weighted by molar-refractivity contribution is -0.120. The van der Waals surface area contributed by atoms with Gasteiger partial charge in [0.25, 0.3) is 0 Å². The fourth-order valence-electron chi connectivity index (χ4n) is 2.12. The average Bonchev–Trinajstić information content (AvgIpc) is 2.47. The van der Waals surface area contributed by atoms with E-state index in [1.807, 2.05) is 37.3 Å². The van der Waals surface area contributed by atoms with E-state index in [9.17, 15) is 9.18 Å². The van der Waals surface area contributed by atoms with Crippen molar-refractivity contribution in [3.8, 4) is 0 Å². The molecule has 2 rings (SSSR count). The van der Waals surface area contributed by atoms with Gasteiger partial charge in [-0.15, -0.1) is 0 Å². The molecule has 0 bridgehead atoms. The van der Waals surface area contributed by atoms with Gasteiger partial charge in [0.2, 0.25) is 5.91 Å². The third kappa shape index (κ3) is 4.31. The predicted molar refractivity (Wildman–Crippen MR) is 82.6 cm³/mol. The summed E-state index contributed by atoms with van der Waals surface area (Å²) in [6.45, 7) is 3.90. The highest BCUT2D eigenvalue weighted by molar-refractivity contribution is 5.81. The SMILES string of the molecule is Cc1cc(F)ccc1NCC(=O)N[C@H](C)c1ccccc1. The minimum absolute atomic E-state index is 0.0465. The molecule has 0 aliphatic heterocycles. The molecule has 0 heterocycles. The largest absolute Gasteiger partial charge is 0.376 e. The van der Waals surface area contributed by atoms with E-state index in [1.54, 1.807) is 13.0 Å². The zero-order valence-electron chi connectivity index (χ0n) is 12.2. The maximum absolute atomic E-state index is 13.0. The van der Waals surface area contributed by atoms with Crippen LogP contribution in [0.2, 0.25) is 0 Å². The molecule has 0 aliphatic carbocycles. The van der Waals surface area contributed by atoms with E-state index in [0.29, 0.717) is 0 Å². The van der Waals surface area contributed by atoms with Gasteiger partial charge < -0.3 is 10.6 Å². The second kappa shape index (κ2) is 6.88. The lowest BCUT2D eigenvalue weighted by Gasteiger charge is -2.15. The summed E-state index contributed by atoms with van der Waals surface area (Å²) in [5.74, 6) is -0.379. The van der Waals surface area contributed by atoms with Crippen LogP contribution in [0, 0.1) is 12.7 Å². The van der Waals surface area contributed by atoms with Crippen molar-refractivity contribution in [1.29, 1.82) is 0 Å². The van der Waals surface area contributed by atoms with Crippen molar-refractivity contribution < 1.29 is 9.18 Å². The van der Waals surface area contributed by atoms with E-state index in [1.165, 1.54) is 12.1 Å². The topological polar surface area (TPSA) is 41.1 Å². The molecule has 1 amide bonds. The summed E-state index contributed by atoms with van der Waals surface area (Å²) >= 11 is 0. The van der Waals surface area contributed by atoms with Gasteiger partial charge in [-0.3, -0.25) is 4.79 Å². The molecule has 4 heteroatoms. The van der Waals surface area contributed by atoms with Crippen molar-refractivity contribution >= 4 is 11.6 Å². The smallest absolute Gasteiger partial charge is 0.239 e. The maximum Gasteiger partial charge on any atom is 0.239 e. The Morgan fingerprint density at radius 2 is 1.90 bits per heavy atom. The molecular weight excluding hydrogens is 267 g/mol. The molecule has 0 saturated carbocycles. The van der Waals surface area contributed by atoms with Gasteiger partial charge >= 0.3 is 0 Å². The highest BCUT2D eigenvalue weighted by Crippen LogP contribution is 2.15. The number of anilines is 1. The van der Waals surface area contributed by atoms with Crippen LogP contribution in [0.4, 0.5) is 10.1 Å². The molecule has 21 heavy (non-hydrogen) atoms. The fourth-order valence-corrected chi connectivity index (χ4v) is 2.12. The Balaban J connectivity index is 1.87. The highest BCUT2D eigenvalue weighted by Gasteiger charge is 2.09. The first-order valence-corrected chi connectivity index (χ1v) is 6.90. The predicted octanol–water partition coefficient (Wildman–Crippen LogP) is 3.42. The molecule has 2 aromatic rings. The monoisotopic (exact) mass is 286 g/mol. The number of aryl methyl sites for hydroxylation is 1. The molecule has 0 spiro atoms. The third-order valence-corrected chi connectivity index (χ3v) is 3.30. The summed E-state index contributed by atoms with van der Waals surface area (Å²) in [6, 6.07) is 14.2. The van der Waals surface area contributed by atoms with E-state index < -0.39 is 0 Å². The van der Waals surface area contributed by atoms with E-state index in [0.717, 1.165) is 16.8 Å². The Morgan fingerprint density at radius 1 is 1.19 bits per heavy atom. The molecule has 3 nitrogen and oxygen atoms in total. The number of carbonyl (C=O) groups excluding carboxylic acids is 1. The summed E-state index contributed by atoms with van der Waals surface area (Å²) in [6.07, 6.45) is 0. The van der Waals surface area contributed by atoms with Crippen molar-refractivity contribution in [3.63, 3.8) is 0 Å².